The zero-order chi connectivity index (χ0) is 16.3. The number of ether oxygens (including phenoxy) is 1. The molecule has 2 heterocycles. The zero-order valence-electron chi connectivity index (χ0n) is 11.5. The van der Waals surface area contributed by atoms with Gasteiger partial charge in [0.15, 0.2) is 0 Å². The van der Waals surface area contributed by atoms with Crippen LogP contribution < -0.4 is 5.32 Å². The predicted molar refractivity (Wildman–Crippen MR) is 88.5 cm³/mol. The summed E-state index contributed by atoms with van der Waals surface area (Å²) in [6.07, 6.45) is 6.16. The molecule has 2 rings (SSSR count). The van der Waals surface area contributed by atoms with E-state index in [2.05, 4.69) is 5.32 Å². The van der Waals surface area contributed by atoms with E-state index in [9.17, 15) is 9.59 Å². The first-order valence-corrected chi connectivity index (χ1v) is 8.25. The van der Waals surface area contributed by atoms with Gasteiger partial charge in [0.1, 0.15) is 6.61 Å². The number of carbonyl (C=O) groups excluding carboxylic acids is 2. The van der Waals surface area contributed by atoms with Crippen LogP contribution in [-0.2, 0) is 9.53 Å². The first-order valence-electron chi connectivity index (χ1n) is 6.30. The molecule has 120 valence electrons. The highest BCUT2D eigenvalue weighted by molar-refractivity contribution is 8.17. The lowest BCUT2D eigenvalue weighted by molar-refractivity contribution is -0.110. The number of thioether (sulfide) groups is 1. The molecule has 0 unspecified atom stereocenters. The van der Waals surface area contributed by atoms with Crippen molar-refractivity contribution in [3.8, 4) is 0 Å². The van der Waals surface area contributed by atoms with Gasteiger partial charge in [-0.1, -0.05) is 58.7 Å². The van der Waals surface area contributed by atoms with Gasteiger partial charge in [-0.3, -0.25) is 9.69 Å². The van der Waals surface area contributed by atoms with E-state index in [0.29, 0.717) is 6.54 Å². The lowest BCUT2D eigenvalue weighted by Crippen LogP contribution is -2.31. The van der Waals surface area contributed by atoms with E-state index in [1.165, 1.54) is 16.7 Å². The van der Waals surface area contributed by atoms with Crippen molar-refractivity contribution < 1.29 is 14.3 Å². The Morgan fingerprint density at radius 2 is 2.09 bits per heavy atom. The number of carbonyl (C=O) groups is 2. The maximum atomic E-state index is 11.8. The Kier molecular flexibility index (Phi) is 5.71. The molecule has 2 aliphatic heterocycles. The Labute approximate surface area is 147 Å². The van der Waals surface area contributed by atoms with E-state index in [1.54, 1.807) is 12.4 Å². The Hall–Kier alpha value is -0.820. The summed E-state index contributed by atoms with van der Waals surface area (Å²) in [5.41, 5.74) is 0.950. The fourth-order valence-electron chi connectivity index (χ4n) is 1.92. The van der Waals surface area contributed by atoms with Gasteiger partial charge in [-0.2, -0.15) is 0 Å². The van der Waals surface area contributed by atoms with Gasteiger partial charge >= 0.3 is 6.09 Å². The second kappa shape index (κ2) is 7.17. The minimum atomic E-state index is -1.64. The van der Waals surface area contributed by atoms with Crippen molar-refractivity contribution in [2.45, 2.75) is 10.7 Å². The highest BCUT2D eigenvalue weighted by Crippen LogP contribution is 2.30. The van der Waals surface area contributed by atoms with E-state index >= 15 is 0 Å². The molecular formula is C13H13Cl3N2O3S. The summed E-state index contributed by atoms with van der Waals surface area (Å²) in [5, 5.41) is 3.18. The molecule has 0 radical (unpaired) electrons. The van der Waals surface area contributed by atoms with Crippen molar-refractivity contribution in [1.82, 2.24) is 10.2 Å². The normalized spacial score (nSPS) is 19.5. The van der Waals surface area contributed by atoms with Gasteiger partial charge in [-0.05, 0) is 6.92 Å². The Bertz CT molecular complexity index is 555. The van der Waals surface area contributed by atoms with Crippen LogP contribution in [0.4, 0.5) is 4.79 Å². The molecule has 9 heteroatoms. The Morgan fingerprint density at radius 3 is 2.64 bits per heavy atom. The van der Waals surface area contributed by atoms with Gasteiger partial charge in [-0.15, -0.1) is 0 Å². The maximum Gasteiger partial charge on any atom is 0.418 e. The van der Waals surface area contributed by atoms with Gasteiger partial charge in [0, 0.05) is 28.9 Å². The molecule has 22 heavy (non-hydrogen) atoms. The molecule has 0 saturated heterocycles. The standard InChI is InChI=1S/C13H13Cl3N2O3S/c1-8-11(17-6-10(19)22-8)9-2-4-18(5-3-9)12(20)21-7-13(14,15)16/h2-5,9,17H,6-7H2,1H3. The number of hydrogen-bond donors (Lipinski definition) is 1. The van der Waals surface area contributed by atoms with E-state index in [1.807, 2.05) is 19.1 Å². The number of hydrogen-bond acceptors (Lipinski definition) is 5. The molecule has 1 N–H and O–H groups in total. The van der Waals surface area contributed by atoms with Crippen LogP contribution >= 0.6 is 46.6 Å². The van der Waals surface area contributed by atoms with Crippen LogP contribution in [0.2, 0.25) is 0 Å². The van der Waals surface area contributed by atoms with Gasteiger partial charge in [-0.25, -0.2) is 4.79 Å². The van der Waals surface area contributed by atoms with E-state index < -0.39 is 9.89 Å². The molecule has 2 aliphatic rings. The first-order chi connectivity index (χ1) is 10.3. The second-order valence-electron chi connectivity index (χ2n) is 4.58. The first kappa shape index (κ1) is 17.5. The number of allylic oxidation sites excluding steroid dienone is 2. The molecular weight excluding hydrogens is 371 g/mol. The summed E-state index contributed by atoms with van der Waals surface area (Å²) >= 11 is 17.8. The summed E-state index contributed by atoms with van der Waals surface area (Å²) < 4.78 is 3.23. The summed E-state index contributed by atoms with van der Waals surface area (Å²) in [6.45, 7) is 1.85. The minimum absolute atomic E-state index is 0.0298. The molecule has 0 aromatic rings. The molecule has 0 aliphatic carbocycles. The summed E-state index contributed by atoms with van der Waals surface area (Å²) in [6, 6.07) is 0. The third-order valence-electron chi connectivity index (χ3n) is 2.88. The molecule has 1 amide bonds. The molecule has 0 spiro atoms. The van der Waals surface area contributed by atoms with Gasteiger partial charge in [0.2, 0.25) is 8.91 Å². The Balaban J connectivity index is 1.96. The number of nitrogens with one attached hydrogen (secondary N) is 1. The van der Waals surface area contributed by atoms with Gasteiger partial charge in [0.25, 0.3) is 0 Å². The fraction of sp³-hybridized carbons (Fsp3) is 0.385. The van der Waals surface area contributed by atoms with Crippen molar-refractivity contribution in [2.75, 3.05) is 13.2 Å². The second-order valence-corrected chi connectivity index (χ2v) is 8.37. The highest BCUT2D eigenvalue weighted by Gasteiger charge is 2.25. The molecule has 0 saturated carbocycles. The van der Waals surface area contributed by atoms with Crippen LogP contribution in [-0.4, -0.2) is 33.1 Å². The number of rotatable bonds is 2. The average Bonchev–Trinajstić information content (AvgIpc) is 2.44. The van der Waals surface area contributed by atoms with Crippen LogP contribution in [0.1, 0.15) is 6.92 Å². The summed E-state index contributed by atoms with van der Waals surface area (Å²) in [7, 11) is 0. The number of amides is 1. The molecule has 0 aromatic heterocycles. The molecule has 5 nitrogen and oxygen atoms in total. The molecule has 0 fully saturated rings. The van der Waals surface area contributed by atoms with Crippen molar-refractivity contribution in [3.63, 3.8) is 0 Å². The molecule has 0 aromatic carbocycles. The van der Waals surface area contributed by atoms with E-state index in [-0.39, 0.29) is 17.6 Å². The average molecular weight is 384 g/mol. The highest BCUT2D eigenvalue weighted by atomic mass is 35.6. The minimum Gasteiger partial charge on any atom is -0.444 e. The molecule has 0 atom stereocenters. The Morgan fingerprint density at radius 1 is 1.45 bits per heavy atom. The topological polar surface area (TPSA) is 58.6 Å². The SMILES string of the molecule is CC1=C(C2C=CN(C(=O)OCC(Cl)(Cl)Cl)C=C2)NCC(=O)S1. The monoisotopic (exact) mass is 382 g/mol. The maximum absolute atomic E-state index is 11.8. The van der Waals surface area contributed by atoms with Crippen LogP contribution in [0.25, 0.3) is 0 Å². The van der Waals surface area contributed by atoms with Crippen molar-refractivity contribution in [1.29, 1.82) is 0 Å². The van der Waals surface area contributed by atoms with Crippen molar-refractivity contribution in [3.05, 3.63) is 35.2 Å². The van der Waals surface area contributed by atoms with Crippen molar-refractivity contribution >= 4 is 57.8 Å². The van der Waals surface area contributed by atoms with Crippen LogP contribution in [0.3, 0.4) is 0 Å². The lowest BCUT2D eigenvalue weighted by atomic mass is 10.0. The van der Waals surface area contributed by atoms with Gasteiger partial charge in [0.05, 0.1) is 6.54 Å². The predicted octanol–water partition coefficient (Wildman–Crippen LogP) is 3.55. The molecule has 0 bridgehead atoms. The fourth-order valence-corrected chi connectivity index (χ4v) is 2.89. The zero-order valence-corrected chi connectivity index (χ0v) is 14.6. The van der Waals surface area contributed by atoms with Crippen LogP contribution in [0.5, 0.6) is 0 Å². The number of nitrogens with zero attached hydrogens (tertiary/aromatic N) is 1. The van der Waals surface area contributed by atoms with Crippen LogP contribution in [0.15, 0.2) is 35.2 Å². The summed E-state index contributed by atoms with van der Waals surface area (Å²) in [4.78, 5) is 25.3. The largest absolute Gasteiger partial charge is 0.444 e. The third-order valence-corrected chi connectivity index (χ3v) is 4.11. The van der Waals surface area contributed by atoms with Crippen molar-refractivity contribution in [2.24, 2.45) is 5.92 Å². The van der Waals surface area contributed by atoms with Gasteiger partial charge < -0.3 is 10.1 Å². The summed E-state index contributed by atoms with van der Waals surface area (Å²) in [5.74, 6) is -0.0298. The van der Waals surface area contributed by atoms with E-state index in [0.717, 1.165) is 10.6 Å². The van der Waals surface area contributed by atoms with Crippen LogP contribution in [0, 0.1) is 5.92 Å². The lowest BCUT2D eigenvalue weighted by Gasteiger charge is -2.26. The number of halogens is 3. The number of alkyl halides is 3. The quantitative estimate of drug-likeness (QED) is 0.739. The smallest absolute Gasteiger partial charge is 0.418 e. The third kappa shape index (κ3) is 4.84. The van der Waals surface area contributed by atoms with E-state index in [4.69, 9.17) is 39.5 Å².